The number of carbonyl (C=O) groups excluding carboxylic acids is 1. The Morgan fingerprint density at radius 2 is 1.89 bits per heavy atom. The van der Waals surface area contributed by atoms with E-state index in [2.05, 4.69) is 15.4 Å². The van der Waals surface area contributed by atoms with Gasteiger partial charge >= 0.3 is 12.2 Å². The van der Waals surface area contributed by atoms with E-state index in [1.807, 2.05) is 31.4 Å². The third kappa shape index (κ3) is 6.27. The van der Waals surface area contributed by atoms with Gasteiger partial charge in [0.15, 0.2) is 5.82 Å². The van der Waals surface area contributed by atoms with Crippen LogP contribution in [0.5, 0.6) is 6.01 Å². The number of aromatic nitrogens is 3. The van der Waals surface area contributed by atoms with E-state index in [-0.39, 0.29) is 35.6 Å². The highest BCUT2D eigenvalue weighted by Crippen LogP contribution is 2.33. The molecule has 0 aliphatic rings. The van der Waals surface area contributed by atoms with Crippen LogP contribution in [0.4, 0.5) is 18.9 Å². The van der Waals surface area contributed by atoms with Crippen LogP contribution in [0.25, 0.3) is 17.1 Å². The minimum atomic E-state index is -4.49. The summed E-state index contributed by atoms with van der Waals surface area (Å²) < 4.78 is 46.9. The van der Waals surface area contributed by atoms with Crippen molar-refractivity contribution in [3.05, 3.63) is 76.5 Å². The van der Waals surface area contributed by atoms with Crippen LogP contribution < -0.4 is 10.1 Å². The van der Waals surface area contributed by atoms with Crippen molar-refractivity contribution < 1.29 is 22.7 Å². The highest BCUT2D eigenvalue weighted by atomic mass is 32.1. The summed E-state index contributed by atoms with van der Waals surface area (Å²) in [5, 5.41) is 9.13. The Kier molecular flexibility index (Phi) is 7.20. The summed E-state index contributed by atoms with van der Waals surface area (Å²) in [5.41, 5.74) is 0.617. The molecule has 182 valence electrons. The first kappa shape index (κ1) is 24.5. The normalized spacial score (nSPS) is 11.6. The predicted molar refractivity (Wildman–Crippen MR) is 129 cm³/mol. The fraction of sp³-hybridized carbons (Fsp3) is 0.240. The number of halogens is 3. The number of hydrogen-bond acceptors (Lipinski definition) is 5. The molecule has 0 atom stereocenters. The zero-order valence-corrected chi connectivity index (χ0v) is 19.9. The van der Waals surface area contributed by atoms with Crippen LogP contribution in [-0.2, 0) is 17.4 Å². The first-order chi connectivity index (χ1) is 16.7. The van der Waals surface area contributed by atoms with Crippen molar-refractivity contribution in [2.24, 2.45) is 5.92 Å². The summed E-state index contributed by atoms with van der Waals surface area (Å²) in [6.45, 7) is 4.30. The first-order valence-electron chi connectivity index (χ1n) is 10.9. The van der Waals surface area contributed by atoms with Gasteiger partial charge in [-0.2, -0.15) is 18.2 Å². The average molecular weight is 501 g/mol. The molecule has 0 saturated carbocycles. The van der Waals surface area contributed by atoms with Gasteiger partial charge in [0.1, 0.15) is 0 Å². The van der Waals surface area contributed by atoms with Crippen molar-refractivity contribution >= 4 is 22.9 Å². The molecule has 0 fully saturated rings. The van der Waals surface area contributed by atoms with Crippen molar-refractivity contribution in [1.29, 1.82) is 0 Å². The summed E-state index contributed by atoms with van der Waals surface area (Å²) in [4.78, 5) is 17.6. The van der Waals surface area contributed by atoms with Gasteiger partial charge in [0.25, 0.3) is 0 Å². The Balaban J connectivity index is 1.62. The Morgan fingerprint density at radius 1 is 1.11 bits per heavy atom. The molecule has 0 aliphatic heterocycles. The van der Waals surface area contributed by atoms with Crippen molar-refractivity contribution in [1.82, 2.24) is 14.8 Å². The molecule has 4 rings (SSSR count). The second-order valence-corrected chi connectivity index (χ2v) is 9.30. The molecule has 1 amide bonds. The lowest BCUT2D eigenvalue weighted by atomic mass is 10.1. The van der Waals surface area contributed by atoms with E-state index in [4.69, 9.17) is 4.74 Å². The van der Waals surface area contributed by atoms with Gasteiger partial charge in [0.2, 0.25) is 5.91 Å². The van der Waals surface area contributed by atoms with Crippen LogP contribution in [0, 0.1) is 5.92 Å². The van der Waals surface area contributed by atoms with Crippen LogP contribution in [0.3, 0.4) is 0 Å². The largest absolute Gasteiger partial charge is 0.462 e. The zero-order chi connectivity index (χ0) is 25.0. The van der Waals surface area contributed by atoms with E-state index in [0.717, 1.165) is 17.0 Å². The molecule has 2 aromatic heterocycles. The van der Waals surface area contributed by atoms with E-state index in [0.29, 0.717) is 18.0 Å². The SMILES string of the molecule is CC(C)COc1nc(-c2cccc(C(F)(F)F)c2)n(-c2ccc(NC(=O)Cc3cccs3)cc2)n1. The molecule has 2 heterocycles. The number of amides is 1. The fourth-order valence-corrected chi connectivity index (χ4v) is 3.96. The molecule has 6 nitrogen and oxygen atoms in total. The first-order valence-corrected chi connectivity index (χ1v) is 11.8. The van der Waals surface area contributed by atoms with Gasteiger partial charge in [-0.1, -0.05) is 32.0 Å². The van der Waals surface area contributed by atoms with Gasteiger partial charge in [0, 0.05) is 16.1 Å². The standard InChI is InChI=1S/C25H23F3N4O2S/c1-16(2)15-34-24-30-23(17-5-3-6-18(13-17)25(26,27)28)32(31-24)20-10-8-19(9-11-20)29-22(33)14-21-7-4-12-35-21/h3-13,16H,14-15H2,1-2H3,(H,29,33). The van der Waals surface area contributed by atoms with E-state index >= 15 is 0 Å². The highest BCUT2D eigenvalue weighted by Gasteiger charge is 2.31. The molecule has 4 aromatic rings. The van der Waals surface area contributed by atoms with Gasteiger partial charge in [-0.3, -0.25) is 4.79 Å². The lowest BCUT2D eigenvalue weighted by Gasteiger charge is -2.10. The number of ether oxygens (including phenoxy) is 1. The topological polar surface area (TPSA) is 69.0 Å². The molecule has 10 heteroatoms. The second kappa shape index (κ2) is 10.3. The average Bonchev–Trinajstić information content (AvgIpc) is 3.48. The van der Waals surface area contributed by atoms with E-state index in [1.165, 1.54) is 22.1 Å². The molecular formula is C25H23F3N4O2S. The number of carbonyl (C=O) groups is 1. The van der Waals surface area contributed by atoms with Crippen LogP contribution in [0.1, 0.15) is 24.3 Å². The number of anilines is 1. The number of rotatable bonds is 8. The summed E-state index contributed by atoms with van der Waals surface area (Å²) >= 11 is 1.51. The Labute approximate surface area is 204 Å². The van der Waals surface area contributed by atoms with Crippen molar-refractivity contribution in [3.63, 3.8) is 0 Å². The van der Waals surface area contributed by atoms with Crippen LogP contribution in [-0.4, -0.2) is 27.3 Å². The lowest BCUT2D eigenvalue weighted by Crippen LogP contribution is -2.13. The lowest BCUT2D eigenvalue weighted by molar-refractivity contribution is -0.137. The monoisotopic (exact) mass is 500 g/mol. The number of benzene rings is 2. The summed E-state index contributed by atoms with van der Waals surface area (Å²) in [7, 11) is 0. The number of alkyl halides is 3. The maximum Gasteiger partial charge on any atom is 0.416 e. The molecule has 2 aromatic carbocycles. The molecule has 0 aliphatic carbocycles. The number of thiophene rings is 1. The molecule has 0 unspecified atom stereocenters. The zero-order valence-electron chi connectivity index (χ0n) is 19.0. The maximum absolute atomic E-state index is 13.3. The maximum atomic E-state index is 13.3. The molecule has 0 bridgehead atoms. The van der Waals surface area contributed by atoms with Gasteiger partial charge in [-0.05, 0) is 53.8 Å². The summed E-state index contributed by atoms with van der Waals surface area (Å²) in [5.74, 6) is 0.287. The summed E-state index contributed by atoms with van der Waals surface area (Å²) in [6, 6.07) is 15.6. The minimum Gasteiger partial charge on any atom is -0.462 e. The van der Waals surface area contributed by atoms with Gasteiger partial charge in [-0.25, -0.2) is 4.68 Å². The van der Waals surface area contributed by atoms with Crippen molar-refractivity contribution in [3.8, 4) is 23.1 Å². The van der Waals surface area contributed by atoms with E-state index in [1.54, 1.807) is 30.3 Å². The van der Waals surface area contributed by atoms with Gasteiger partial charge in [0.05, 0.1) is 24.3 Å². The molecule has 0 saturated heterocycles. The van der Waals surface area contributed by atoms with Crippen LogP contribution in [0.2, 0.25) is 0 Å². The quantitative estimate of drug-likeness (QED) is 0.311. The third-order valence-corrected chi connectivity index (χ3v) is 5.77. The van der Waals surface area contributed by atoms with Gasteiger partial charge in [-0.15, -0.1) is 16.4 Å². The third-order valence-electron chi connectivity index (χ3n) is 4.89. The fourth-order valence-electron chi connectivity index (χ4n) is 3.26. The molecule has 0 spiro atoms. The molecular weight excluding hydrogens is 477 g/mol. The molecule has 35 heavy (non-hydrogen) atoms. The number of hydrogen-bond donors (Lipinski definition) is 1. The van der Waals surface area contributed by atoms with Crippen LogP contribution >= 0.6 is 11.3 Å². The number of nitrogens with one attached hydrogen (secondary N) is 1. The predicted octanol–water partition coefficient (Wildman–Crippen LogP) is 6.23. The van der Waals surface area contributed by atoms with Crippen molar-refractivity contribution in [2.75, 3.05) is 11.9 Å². The van der Waals surface area contributed by atoms with Crippen molar-refractivity contribution in [2.45, 2.75) is 26.4 Å². The minimum absolute atomic E-state index is 0.0689. The number of nitrogens with zero attached hydrogens (tertiary/aromatic N) is 3. The van der Waals surface area contributed by atoms with Crippen LogP contribution in [0.15, 0.2) is 66.0 Å². The highest BCUT2D eigenvalue weighted by molar-refractivity contribution is 7.10. The van der Waals surface area contributed by atoms with E-state index in [9.17, 15) is 18.0 Å². The Morgan fingerprint density at radius 3 is 2.54 bits per heavy atom. The molecule has 1 N–H and O–H groups in total. The van der Waals surface area contributed by atoms with Gasteiger partial charge < -0.3 is 10.1 Å². The molecule has 0 radical (unpaired) electrons. The second-order valence-electron chi connectivity index (χ2n) is 8.26. The Hall–Kier alpha value is -3.66. The van der Waals surface area contributed by atoms with E-state index < -0.39 is 11.7 Å². The Bertz CT molecular complexity index is 1280. The smallest absolute Gasteiger partial charge is 0.416 e. The summed E-state index contributed by atoms with van der Waals surface area (Å²) in [6.07, 6.45) is -4.21.